The molecule has 2 heterocycles. The average Bonchev–Trinajstić information content (AvgIpc) is 3.25. The van der Waals surface area contributed by atoms with Crippen LogP contribution in [0, 0.1) is 11.2 Å². The van der Waals surface area contributed by atoms with E-state index in [0.717, 1.165) is 5.56 Å². The van der Waals surface area contributed by atoms with Crippen molar-refractivity contribution in [2.24, 2.45) is 5.41 Å². The molecule has 1 fully saturated rings. The lowest BCUT2D eigenvalue weighted by molar-refractivity contribution is -0.124. The lowest BCUT2D eigenvalue weighted by Gasteiger charge is -2.32. The number of hydrazine groups is 1. The highest BCUT2D eigenvalue weighted by Gasteiger charge is 2.33. The van der Waals surface area contributed by atoms with Crippen molar-refractivity contribution in [3.63, 3.8) is 0 Å². The first-order chi connectivity index (χ1) is 12.3. The zero-order chi connectivity index (χ0) is 18.7. The van der Waals surface area contributed by atoms with E-state index in [0.29, 0.717) is 13.0 Å². The van der Waals surface area contributed by atoms with Crippen molar-refractivity contribution < 1.29 is 9.18 Å². The van der Waals surface area contributed by atoms with Crippen molar-refractivity contribution in [1.82, 2.24) is 25.7 Å². The molecule has 7 heteroatoms. The summed E-state index contributed by atoms with van der Waals surface area (Å²) in [4.78, 5) is 16.8. The average molecular weight is 359 g/mol. The van der Waals surface area contributed by atoms with Gasteiger partial charge in [-0.3, -0.25) is 4.79 Å². The van der Waals surface area contributed by atoms with Crippen LogP contribution in [0.1, 0.15) is 38.8 Å². The number of carbonyl (C=O) groups is 1. The number of rotatable bonds is 5. The fourth-order valence-electron chi connectivity index (χ4n) is 3.06. The van der Waals surface area contributed by atoms with Crippen LogP contribution in [0.3, 0.4) is 0 Å². The van der Waals surface area contributed by atoms with Gasteiger partial charge in [0.2, 0.25) is 5.91 Å². The van der Waals surface area contributed by atoms with Crippen molar-refractivity contribution in [2.45, 2.75) is 51.9 Å². The number of imidazole rings is 1. The maximum absolute atomic E-state index is 13.1. The van der Waals surface area contributed by atoms with Gasteiger partial charge < -0.3 is 9.88 Å². The molecule has 26 heavy (non-hydrogen) atoms. The molecule has 3 rings (SSSR count). The van der Waals surface area contributed by atoms with E-state index in [1.54, 1.807) is 24.7 Å². The van der Waals surface area contributed by atoms with Crippen LogP contribution >= 0.6 is 0 Å². The van der Waals surface area contributed by atoms with Gasteiger partial charge in [0.25, 0.3) is 0 Å². The lowest BCUT2D eigenvalue weighted by Crippen LogP contribution is -2.52. The zero-order valence-electron chi connectivity index (χ0n) is 15.4. The molecule has 0 saturated carbocycles. The smallest absolute Gasteiger partial charge is 0.238 e. The first kappa shape index (κ1) is 18.5. The minimum Gasteiger partial charge on any atom is -0.350 e. The van der Waals surface area contributed by atoms with Crippen molar-refractivity contribution in [1.29, 1.82) is 0 Å². The van der Waals surface area contributed by atoms with E-state index >= 15 is 0 Å². The second-order valence-corrected chi connectivity index (χ2v) is 7.87. The summed E-state index contributed by atoms with van der Waals surface area (Å²) < 4.78 is 15.1. The topological polar surface area (TPSA) is 71.0 Å². The monoisotopic (exact) mass is 359 g/mol. The van der Waals surface area contributed by atoms with Crippen molar-refractivity contribution >= 4 is 5.91 Å². The summed E-state index contributed by atoms with van der Waals surface area (Å²) in [6, 6.07) is 5.97. The number of benzene rings is 1. The molecule has 2 aromatic rings. The first-order valence-corrected chi connectivity index (χ1v) is 8.85. The Labute approximate surface area is 153 Å². The first-order valence-electron chi connectivity index (χ1n) is 8.85. The van der Waals surface area contributed by atoms with Gasteiger partial charge in [0.1, 0.15) is 11.9 Å². The molecule has 0 spiro atoms. The number of hydrogen-bond donors (Lipinski definition) is 3. The summed E-state index contributed by atoms with van der Waals surface area (Å²) in [6.45, 7) is 6.99. The highest BCUT2D eigenvalue weighted by molar-refractivity contribution is 5.82. The highest BCUT2D eigenvalue weighted by Crippen LogP contribution is 2.24. The fourth-order valence-corrected chi connectivity index (χ4v) is 3.06. The van der Waals surface area contributed by atoms with E-state index < -0.39 is 0 Å². The van der Waals surface area contributed by atoms with Crippen LogP contribution < -0.4 is 16.2 Å². The summed E-state index contributed by atoms with van der Waals surface area (Å²) in [6.07, 6.45) is 5.99. The van der Waals surface area contributed by atoms with Gasteiger partial charge >= 0.3 is 0 Å². The van der Waals surface area contributed by atoms with Gasteiger partial charge in [-0.05, 0) is 29.5 Å². The molecule has 1 aliphatic rings. The van der Waals surface area contributed by atoms with Crippen LogP contribution in [0.4, 0.5) is 4.39 Å². The molecule has 0 bridgehead atoms. The third-order valence-electron chi connectivity index (χ3n) is 4.81. The van der Waals surface area contributed by atoms with Gasteiger partial charge in [0.15, 0.2) is 0 Å². The molecular weight excluding hydrogens is 333 g/mol. The molecule has 0 radical (unpaired) electrons. The number of carbonyl (C=O) groups excluding carboxylic acids is 1. The maximum Gasteiger partial charge on any atom is 0.238 e. The van der Waals surface area contributed by atoms with Gasteiger partial charge in [-0.25, -0.2) is 20.2 Å². The second kappa shape index (κ2) is 7.55. The summed E-state index contributed by atoms with van der Waals surface area (Å²) in [5.41, 5.74) is 7.06. The number of hydrogen-bond acceptors (Lipinski definition) is 4. The molecule has 1 amide bonds. The predicted octanol–water partition coefficient (Wildman–Crippen LogP) is 2.16. The van der Waals surface area contributed by atoms with E-state index in [1.807, 2.05) is 10.8 Å². The van der Waals surface area contributed by atoms with Crippen LogP contribution in [0.25, 0.3) is 0 Å². The molecule has 3 N–H and O–H groups in total. The standard InChI is InChI=1S/C19H26FN5O/c1-19(2,3)17(11-25-9-8-21-12-25)22-18(26)16-10-15(23-24-16)13-4-6-14(20)7-5-13/h4-9,12,15-17,23-24H,10-11H2,1-3H3,(H,22,26). The molecule has 3 unspecified atom stereocenters. The number of nitrogens with one attached hydrogen (secondary N) is 3. The largest absolute Gasteiger partial charge is 0.350 e. The Morgan fingerprint density at radius 3 is 2.69 bits per heavy atom. The third kappa shape index (κ3) is 4.47. The van der Waals surface area contributed by atoms with Gasteiger partial charge in [0, 0.05) is 25.0 Å². The Hall–Kier alpha value is -2.25. The summed E-state index contributed by atoms with van der Waals surface area (Å²) in [5.74, 6) is -0.302. The molecule has 1 aromatic carbocycles. The van der Waals surface area contributed by atoms with Gasteiger partial charge in [-0.15, -0.1) is 0 Å². The Morgan fingerprint density at radius 2 is 2.08 bits per heavy atom. The van der Waals surface area contributed by atoms with E-state index in [4.69, 9.17) is 0 Å². The number of nitrogens with zero attached hydrogens (tertiary/aromatic N) is 2. The Kier molecular flexibility index (Phi) is 5.38. The van der Waals surface area contributed by atoms with Crippen molar-refractivity contribution in [3.05, 3.63) is 54.4 Å². The normalized spacial score (nSPS) is 21.5. The molecule has 0 aliphatic carbocycles. The SMILES string of the molecule is CC(C)(C)C(Cn1ccnc1)NC(=O)C1CC(c2ccc(F)cc2)NN1. The van der Waals surface area contributed by atoms with Crippen molar-refractivity contribution in [3.8, 4) is 0 Å². The fraction of sp³-hybridized carbons (Fsp3) is 0.474. The molecule has 6 nitrogen and oxygen atoms in total. The van der Waals surface area contributed by atoms with E-state index in [9.17, 15) is 9.18 Å². The lowest BCUT2D eigenvalue weighted by atomic mass is 9.86. The molecule has 3 atom stereocenters. The van der Waals surface area contributed by atoms with Crippen LogP contribution in [0.2, 0.25) is 0 Å². The minimum absolute atomic E-state index is 0.0203. The van der Waals surface area contributed by atoms with Crippen LogP contribution in [0.15, 0.2) is 43.0 Å². The van der Waals surface area contributed by atoms with E-state index in [1.165, 1.54) is 12.1 Å². The van der Waals surface area contributed by atoms with Crippen LogP contribution in [-0.4, -0.2) is 27.5 Å². The molecule has 1 saturated heterocycles. The van der Waals surface area contributed by atoms with Crippen molar-refractivity contribution in [2.75, 3.05) is 0 Å². The number of halogens is 1. The Balaban J connectivity index is 1.62. The summed E-state index contributed by atoms with van der Waals surface area (Å²) >= 11 is 0. The van der Waals surface area contributed by atoms with Crippen LogP contribution in [-0.2, 0) is 11.3 Å². The highest BCUT2D eigenvalue weighted by atomic mass is 19.1. The third-order valence-corrected chi connectivity index (χ3v) is 4.81. The summed E-state index contributed by atoms with van der Waals surface area (Å²) in [5, 5.41) is 3.17. The summed E-state index contributed by atoms with van der Waals surface area (Å²) in [7, 11) is 0. The molecule has 1 aliphatic heterocycles. The zero-order valence-corrected chi connectivity index (χ0v) is 15.4. The Bertz CT molecular complexity index is 723. The van der Waals surface area contributed by atoms with Crippen LogP contribution in [0.5, 0.6) is 0 Å². The quantitative estimate of drug-likeness (QED) is 0.765. The van der Waals surface area contributed by atoms with E-state index in [2.05, 4.69) is 41.9 Å². The Morgan fingerprint density at radius 1 is 1.35 bits per heavy atom. The van der Waals surface area contributed by atoms with Gasteiger partial charge in [-0.2, -0.15) is 0 Å². The predicted molar refractivity (Wildman–Crippen MR) is 97.4 cm³/mol. The second-order valence-electron chi connectivity index (χ2n) is 7.87. The molecule has 140 valence electrons. The molecule has 1 aromatic heterocycles. The van der Waals surface area contributed by atoms with E-state index in [-0.39, 0.29) is 35.3 Å². The van der Waals surface area contributed by atoms with Gasteiger partial charge in [0.05, 0.1) is 12.4 Å². The minimum atomic E-state index is -0.335. The van der Waals surface area contributed by atoms with Gasteiger partial charge in [-0.1, -0.05) is 32.9 Å². The number of amides is 1. The maximum atomic E-state index is 13.1. The molecular formula is C19H26FN5O. The number of aromatic nitrogens is 2.